The van der Waals surface area contributed by atoms with E-state index in [-0.39, 0.29) is 17.6 Å². The average Bonchev–Trinajstić information content (AvgIpc) is 3.31. The normalized spacial score (nSPS) is 21.6. The SMILES string of the molecule is Cc1[nH]nc2c1[C@H](c1ccc(Cl)cc1)C1=C(C[C@@H](c3cccs3)CC1=O)N2. The van der Waals surface area contributed by atoms with Crippen LogP contribution in [0.4, 0.5) is 5.82 Å². The van der Waals surface area contributed by atoms with Gasteiger partial charge in [-0.1, -0.05) is 29.8 Å². The summed E-state index contributed by atoms with van der Waals surface area (Å²) in [6.45, 7) is 2.00. The smallest absolute Gasteiger partial charge is 0.162 e. The molecule has 2 atom stereocenters. The van der Waals surface area contributed by atoms with Gasteiger partial charge in [0.05, 0.1) is 0 Å². The van der Waals surface area contributed by atoms with Crippen LogP contribution in [0.1, 0.15) is 46.4 Å². The van der Waals surface area contributed by atoms with Crippen molar-refractivity contribution in [2.24, 2.45) is 0 Å². The number of anilines is 1. The van der Waals surface area contributed by atoms with Crippen molar-refractivity contribution in [3.8, 4) is 0 Å². The van der Waals surface area contributed by atoms with Gasteiger partial charge in [-0.05, 0) is 42.5 Å². The quantitative estimate of drug-likeness (QED) is 0.611. The maximum atomic E-state index is 13.3. The second-order valence-electron chi connectivity index (χ2n) is 7.16. The van der Waals surface area contributed by atoms with E-state index in [1.54, 1.807) is 11.3 Å². The largest absolute Gasteiger partial charge is 0.342 e. The summed E-state index contributed by atoms with van der Waals surface area (Å²) in [5.74, 6) is 1.17. The molecule has 2 aliphatic rings. The molecule has 0 bridgehead atoms. The van der Waals surface area contributed by atoms with E-state index in [0.29, 0.717) is 11.4 Å². The molecule has 0 saturated carbocycles. The number of rotatable bonds is 2. The van der Waals surface area contributed by atoms with Crippen LogP contribution in [0.15, 0.2) is 53.0 Å². The third-order valence-corrected chi connectivity index (χ3v) is 6.78. The predicted molar refractivity (Wildman–Crippen MR) is 109 cm³/mol. The zero-order chi connectivity index (χ0) is 18.5. The number of halogens is 1. The highest BCUT2D eigenvalue weighted by Gasteiger charge is 2.40. The Bertz CT molecular complexity index is 1050. The van der Waals surface area contributed by atoms with Gasteiger partial charge < -0.3 is 5.32 Å². The van der Waals surface area contributed by atoms with Gasteiger partial charge in [-0.2, -0.15) is 5.10 Å². The number of aromatic amines is 1. The van der Waals surface area contributed by atoms with Crippen molar-refractivity contribution in [3.05, 3.63) is 79.8 Å². The molecule has 3 aromatic rings. The molecule has 0 spiro atoms. The molecule has 1 aliphatic heterocycles. The average molecular weight is 396 g/mol. The number of aromatic nitrogens is 2. The van der Waals surface area contributed by atoms with E-state index in [0.717, 1.165) is 40.3 Å². The molecule has 0 amide bonds. The van der Waals surface area contributed by atoms with Gasteiger partial charge in [0.15, 0.2) is 11.6 Å². The highest BCUT2D eigenvalue weighted by molar-refractivity contribution is 7.10. The van der Waals surface area contributed by atoms with E-state index in [1.807, 2.05) is 37.3 Å². The van der Waals surface area contributed by atoms with E-state index < -0.39 is 0 Å². The Labute approximate surface area is 166 Å². The zero-order valence-corrected chi connectivity index (χ0v) is 16.3. The first-order valence-corrected chi connectivity index (χ1v) is 10.2. The first-order chi connectivity index (χ1) is 13.1. The molecule has 0 radical (unpaired) electrons. The zero-order valence-electron chi connectivity index (χ0n) is 14.8. The fourth-order valence-corrected chi connectivity index (χ4v) is 5.23. The van der Waals surface area contributed by atoms with Crippen molar-refractivity contribution in [2.45, 2.75) is 31.6 Å². The van der Waals surface area contributed by atoms with Crippen LogP contribution in [-0.2, 0) is 4.79 Å². The number of benzene rings is 1. The molecule has 2 aromatic heterocycles. The minimum atomic E-state index is -0.107. The topological polar surface area (TPSA) is 57.8 Å². The van der Waals surface area contributed by atoms with E-state index in [4.69, 9.17) is 11.6 Å². The summed E-state index contributed by atoms with van der Waals surface area (Å²) >= 11 is 7.81. The first kappa shape index (κ1) is 16.8. The standard InChI is InChI=1S/C21H18ClN3OS/c1-11-18-19(12-4-6-14(22)7-5-12)20-15(23-21(18)25-24-11)9-13(10-16(20)26)17-3-2-8-27-17/h2-8,13,19H,9-10H2,1H3,(H2,23,24,25)/t13-,19+/m1/s1. The van der Waals surface area contributed by atoms with E-state index >= 15 is 0 Å². The Morgan fingerprint density at radius 3 is 2.74 bits per heavy atom. The summed E-state index contributed by atoms with van der Waals surface area (Å²) in [6.07, 6.45) is 1.38. The number of nitrogens with one attached hydrogen (secondary N) is 2. The van der Waals surface area contributed by atoms with Crippen LogP contribution in [0.5, 0.6) is 0 Å². The summed E-state index contributed by atoms with van der Waals surface area (Å²) < 4.78 is 0. The predicted octanol–water partition coefficient (Wildman–Crippen LogP) is 5.39. The first-order valence-electron chi connectivity index (χ1n) is 8.99. The Balaban J connectivity index is 1.64. The second-order valence-corrected chi connectivity index (χ2v) is 8.57. The Morgan fingerprint density at radius 2 is 2.00 bits per heavy atom. The molecule has 2 N–H and O–H groups in total. The number of Topliss-reactive ketones (excluding diaryl/α,β-unsaturated/α-hetero) is 1. The number of fused-ring (bicyclic) bond motifs is 1. The molecular weight excluding hydrogens is 378 g/mol. The number of carbonyl (C=O) groups excluding carboxylic acids is 1. The molecule has 27 heavy (non-hydrogen) atoms. The Morgan fingerprint density at radius 1 is 1.19 bits per heavy atom. The van der Waals surface area contributed by atoms with Gasteiger partial charge in [0, 0.05) is 50.7 Å². The lowest BCUT2D eigenvalue weighted by molar-refractivity contribution is -0.116. The third kappa shape index (κ3) is 2.73. The monoisotopic (exact) mass is 395 g/mol. The Hall–Kier alpha value is -2.37. The third-order valence-electron chi connectivity index (χ3n) is 5.50. The molecule has 6 heteroatoms. The summed E-state index contributed by atoms with van der Waals surface area (Å²) in [4.78, 5) is 14.5. The second kappa shape index (κ2) is 6.36. The number of allylic oxidation sites excluding steroid dienone is 2. The highest BCUT2D eigenvalue weighted by atomic mass is 35.5. The fraction of sp³-hybridized carbons (Fsp3) is 0.238. The number of thiophene rings is 1. The molecule has 0 saturated heterocycles. The van der Waals surface area contributed by atoms with Gasteiger partial charge in [-0.15, -0.1) is 11.3 Å². The molecule has 0 fully saturated rings. The van der Waals surface area contributed by atoms with E-state index in [2.05, 4.69) is 27.0 Å². The van der Waals surface area contributed by atoms with Crippen LogP contribution in [0, 0.1) is 6.92 Å². The number of H-pyrrole nitrogens is 1. The molecule has 5 rings (SSSR count). The van der Waals surface area contributed by atoms with Gasteiger partial charge in [0.2, 0.25) is 0 Å². The molecule has 1 aliphatic carbocycles. The summed E-state index contributed by atoms with van der Waals surface area (Å²) in [5.41, 5.74) is 4.99. The Kier molecular flexibility index (Phi) is 3.95. The number of ketones is 1. The van der Waals surface area contributed by atoms with Gasteiger partial charge in [0.1, 0.15) is 0 Å². The van der Waals surface area contributed by atoms with Crippen LogP contribution >= 0.6 is 22.9 Å². The summed E-state index contributed by atoms with van der Waals surface area (Å²) in [5, 5.41) is 13.7. The highest BCUT2D eigenvalue weighted by Crippen LogP contribution is 2.48. The number of hydrogen-bond acceptors (Lipinski definition) is 4. The van der Waals surface area contributed by atoms with Crippen LogP contribution in [-0.4, -0.2) is 16.0 Å². The lowest BCUT2D eigenvalue weighted by atomic mass is 9.73. The van der Waals surface area contributed by atoms with Crippen molar-refractivity contribution in [1.82, 2.24) is 10.2 Å². The van der Waals surface area contributed by atoms with Crippen molar-refractivity contribution in [3.63, 3.8) is 0 Å². The van der Waals surface area contributed by atoms with Crippen LogP contribution < -0.4 is 5.32 Å². The number of carbonyl (C=O) groups is 1. The minimum absolute atomic E-state index is 0.107. The van der Waals surface area contributed by atoms with Gasteiger partial charge in [-0.3, -0.25) is 9.89 Å². The lowest BCUT2D eigenvalue weighted by Gasteiger charge is -2.34. The summed E-state index contributed by atoms with van der Waals surface area (Å²) in [6, 6.07) is 12.0. The van der Waals surface area contributed by atoms with Crippen LogP contribution in [0.2, 0.25) is 5.02 Å². The van der Waals surface area contributed by atoms with Crippen molar-refractivity contribution in [1.29, 1.82) is 0 Å². The van der Waals surface area contributed by atoms with E-state index in [1.165, 1.54) is 4.88 Å². The molecular formula is C21H18ClN3OS. The van der Waals surface area contributed by atoms with Crippen molar-refractivity contribution < 1.29 is 4.79 Å². The molecule has 1 aromatic carbocycles. The molecule has 0 unspecified atom stereocenters. The number of nitrogens with zero attached hydrogens (tertiary/aromatic N) is 1. The fourth-order valence-electron chi connectivity index (χ4n) is 4.27. The van der Waals surface area contributed by atoms with E-state index in [9.17, 15) is 4.79 Å². The van der Waals surface area contributed by atoms with Gasteiger partial charge in [0.25, 0.3) is 0 Å². The van der Waals surface area contributed by atoms with Crippen LogP contribution in [0.3, 0.4) is 0 Å². The summed E-state index contributed by atoms with van der Waals surface area (Å²) in [7, 11) is 0. The van der Waals surface area contributed by atoms with Crippen molar-refractivity contribution >= 4 is 34.5 Å². The maximum absolute atomic E-state index is 13.3. The van der Waals surface area contributed by atoms with Gasteiger partial charge >= 0.3 is 0 Å². The number of hydrogen-bond donors (Lipinski definition) is 2. The van der Waals surface area contributed by atoms with Crippen molar-refractivity contribution in [2.75, 3.05) is 5.32 Å². The van der Waals surface area contributed by atoms with Crippen LogP contribution in [0.25, 0.3) is 0 Å². The molecule has 3 heterocycles. The van der Waals surface area contributed by atoms with Gasteiger partial charge in [-0.25, -0.2) is 0 Å². The molecule has 136 valence electrons. The maximum Gasteiger partial charge on any atom is 0.162 e. The molecule has 4 nitrogen and oxygen atoms in total. The minimum Gasteiger partial charge on any atom is -0.342 e. The number of aryl methyl sites for hydroxylation is 1. The lowest BCUT2D eigenvalue weighted by Crippen LogP contribution is -2.29.